The van der Waals surface area contributed by atoms with Gasteiger partial charge in [0.2, 0.25) is 0 Å². The van der Waals surface area contributed by atoms with Gasteiger partial charge in [0.15, 0.2) is 0 Å². The minimum atomic E-state index is 0.0826. The SMILES string of the molecule is CC1=CC(C)C(c2ccc3ccccc3c2CO)=C1C. The lowest BCUT2D eigenvalue weighted by Gasteiger charge is -2.17. The highest BCUT2D eigenvalue weighted by Gasteiger charge is 2.22. The minimum absolute atomic E-state index is 0.0826. The Morgan fingerprint density at radius 1 is 1.05 bits per heavy atom. The van der Waals surface area contributed by atoms with Crippen LogP contribution in [0, 0.1) is 5.92 Å². The van der Waals surface area contributed by atoms with Crippen molar-refractivity contribution in [2.45, 2.75) is 27.4 Å². The molecule has 1 aliphatic carbocycles. The van der Waals surface area contributed by atoms with Gasteiger partial charge in [-0.1, -0.05) is 55.0 Å². The summed E-state index contributed by atoms with van der Waals surface area (Å²) in [6, 6.07) is 12.6. The van der Waals surface area contributed by atoms with Crippen LogP contribution < -0.4 is 0 Å². The molecule has 2 aromatic rings. The van der Waals surface area contributed by atoms with Gasteiger partial charge in [0.05, 0.1) is 6.61 Å². The zero-order valence-corrected chi connectivity index (χ0v) is 12.3. The minimum Gasteiger partial charge on any atom is -0.392 e. The topological polar surface area (TPSA) is 20.2 Å². The molecule has 20 heavy (non-hydrogen) atoms. The van der Waals surface area contributed by atoms with Crippen LogP contribution in [0.5, 0.6) is 0 Å². The van der Waals surface area contributed by atoms with Gasteiger partial charge >= 0.3 is 0 Å². The van der Waals surface area contributed by atoms with E-state index in [2.05, 4.69) is 51.1 Å². The summed E-state index contributed by atoms with van der Waals surface area (Å²) in [7, 11) is 0. The van der Waals surface area contributed by atoms with Gasteiger partial charge in [-0.25, -0.2) is 0 Å². The third kappa shape index (κ3) is 1.90. The summed E-state index contributed by atoms with van der Waals surface area (Å²) in [5, 5.41) is 12.2. The Morgan fingerprint density at radius 3 is 2.45 bits per heavy atom. The highest BCUT2D eigenvalue weighted by Crippen LogP contribution is 2.40. The van der Waals surface area contributed by atoms with Crippen LogP contribution >= 0.6 is 0 Å². The van der Waals surface area contributed by atoms with E-state index in [-0.39, 0.29) is 6.61 Å². The van der Waals surface area contributed by atoms with Gasteiger partial charge in [0.25, 0.3) is 0 Å². The predicted molar refractivity (Wildman–Crippen MR) is 85.4 cm³/mol. The number of benzene rings is 2. The van der Waals surface area contributed by atoms with E-state index in [1.807, 2.05) is 12.1 Å². The summed E-state index contributed by atoms with van der Waals surface area (Å²) >= 11 is 0. The Labute approximate surface area is 120 Å². The number of hydrogen-bond donors (Lipinski definition) is 1. The second kappa shape index (κ2) is 4.92. The number of aliphatic hydroxyl groups excluding tert-OH is 1. The lowest BCUT2D eigenvalue weighted by molar-refractivity contribution is 0.283. The van der Waals surface area contributed by atoms with Crippen molar-refractivity contribution in [1.82, 2.24) is 0 Å². The maximum absolute atomic E-state index is 9.88. The Hall–Kier alpha value is -1.86. The van der Waals surface area contributed by atoms with E-state index < -0.39 is 0 Å². The van der Waals surface area contributed by atoms with Crippen LogP contribution in [0.2, 0.25) is 0 Å². The van der Waals surface area contributed by atoms with Crippen LogP contribution in [0.3, 0.4) is 0 Å². The third-order valence-corrected chi connectivity index (χ3v) is 4.44. The Morgan fingerprint density at radius 2 is 1.80 bits per heavy atom. The summed E-state index contributed by atoms with van der Waals surface area (Å²) in [6.07, 6.45) is 2.31. The van der Waals surface area contributed by atoms with Crippen LogP contribution in [-0.2, 0) is 6.61 Å². The standard InChI is InChI=1S/C19H20O/c1-12-10-13(2)19(14(12)3)17-9-8-15-6-4-5-7-16(15)18(17)11-20/h4-10,13,20H,11H2,1-3H3. The highest BCUT2D eigenvalue weighted by atomic mass is 16.3. The second-order valence-electron chi connectivity index (χ2n) is 5.65. The van der Waals surface area contributed by atoms with Crippen LogP contribution in [0.4, 0.5) is 0 Å². The molecule has 0 heterocycles. The molecule has 0 saturated carbocycles. The number of aliphatic hydroxyl groups is 1. The largest absolute Gasteiger partial charge is 0.392 e. The van der Waals surface area contributed by atoms with Crippen LogP contribution in [0.1, 0.15) is 31.9 Å². The summed E-state index contributed by atoms with van der Waals surface area (Å²) < 4.78 is 0. The highest BCUT2D eigenvalue weighted by molar-refractivity contribution is 5.92. The monoisotopic (exact) mass is 264 g/mol. The molecule has 0 spiro atoms. The van der Waals surface area contributed by atoms with Gasteiger partial charge in [-0.05, 0) is 46.9 Å². The van der Waals surface area contributed by atoms with Gasteiger partial charge in [0.1, 0.15) is 0 Å². The third-order valence-electron chi connectivity index (χ3n) is 4.44. The lowest BCUT2D eigenvalue weighted by atomic mass is 9.88. The van der Waals surface area contributed by atoms with E-state index in [4.69, 9.17) is 0 Å². The van der Waals surface area contributed by atoms with Crippen molar-refractivity contribution in [2.75, 3.05) is 0 Å². The molecular formula is C19H20O. The number of hydrogen-bond acceptors (Lipinski definition) is 1. The molecular weight excluding hydrogens is 244 g/mol. The molecule has 3 rings (SSSR count). The maximum atomic E-state index is 9.88. The molecule has 0 aromatic heterocycles. The predicted octanol–water partition coefficient (Wildman–Crippen LogP) is 4.70. The van der Waals surface area contributed by atoms with Crippen molar-refractivity contribution in [1.29, 1.82) is 0 Å². The molecule has 0 aliphatic heterocycles. The first-order valence-corrected chi connectivity index (χ1v) is 7.15. The van der Waals surface area contributed by atoms with E-state index >= 15 is 0 Å². The number of fused-ring (bicyclic) bond motifs is 1. The summed E-state index contributed by atoms with van der Waals surface area (Å²) in [5.74, 6) is 0.418. The molecule has 102 valence electrons. The van der Waals surface area contributed by atoms with Crippen molar-refractivity contribution in [3.05, 3.63) is 64.7 Å². The van der Waals surface area contributed by atoms with Crippen molar-refractivity contribution in [3.8, 4) is 0 Å². The Kier molecular flexibility index (Phi) is 3.23. The first kappa shape index (κ1) is 13.1. The fraction of sp³-hybridized carbons (Fsp3) is 0.263. The molecule has 0 bridgehead atoms. The van der Waals surface area contributed by atoms with Crippen molar-refractivity contribution < 1.29 is 5.11 Å². The van der Waals surface area contributed by atoms with Gasteiger partial charge in [-0.15, -0.1) is 0 Å². The molecule has 0 amide bonds. The normalized spacial score (nSPS) is 18.8. The zero-order chi connectivity index (χ0) is 14.3. The molecule has 1 nitrogen and oxygen atoms in total. The van der Waals surface area contributed by atoms with Gasteiger partial charge in [-0.2, -0.15) is 0 Å². The van der Waals surface area contributed by atoms with Crippen LogP contribution in [0.15, 0.2) is 53.6 Å². The van der Waals surface area contributed by atoms with Crippen molar-refractivity contribution in [2.24, 2.45) is 5.92 Å². The molecule has 1 N–H and O–H groups in total. The van der Waals surface area contributed by atoms with Crippen LogP contribution in [0.25, 0.3) is 16.3 Å². The molecule has 0 radical (unpaired) electrons. The second-order valence-corrected chi connectivity index (χ2v) is 5.65. The van der Waals surface area contributed by atoms with Gasteiger partial charge < -0.3 is 5.11 Å². The molecule has 0 fully saturated rings. The Bertz CT molecular complexity index is 735. The van der Waals surface area contributed by atoms with Gasteiger partial charge in [-0.3, -0.25) is 0 Å². The average Bonchev–Trinajstić information content (AvgIpc) is 2.71. The van der Waals surface area contributed by atoms with E-state index in [1.165, 1.54) is 27.7 Å². The lowest BCUT2D eigenvalue weighted by Crippen LogP contribution is -2.00. The number of rotatable bonds is 2. The molecule has 1 unspecified atom stereocenters. The smallest absolute Gasteiger partial charge is 0.0693 e. The average molecular weight is 264 g/mol. The van der Waals surface area contributed by atoms with Crippen molar-refractivity contribution in [3.63, 3.8) is 0 Å². The first-order chi connectivity index (χ1) is 9.63. The maximum Gasteiger partial charge on any atom is 0.0693 e. The molecule has 1 heteroatoms. The van der Waals surface area contributed by atoms with Crippen LogP contribution in [-0.4, -0.2) is 5.11 Å². The van der Waals surface area contributed by atoms with E-state index in [0.717, 1.165) is 10.9 Å². The van der Waals surface area contributed by atoms with Gasteiger partial charge in [0, 0.05) is 5.92 Å². The molecule has 1 atom stereocenters. The molecule has 0 saturated heterocycles. The Balaban J connectivity index is 2.28. The summed E-state index contributed by atoms with van der Waals surface area (Å²) in [4.78, 5) is 0. The van der Waals surface area contributed by atoms with E-state index in [0.29, 0.717) is 5.92 Å². The molecule has 2 aromatic carbocycles. The fourth-order valence-corrected chi connectivity index (χ4v) is 3.34. The quantitative estimate of drug-likeness (QED) is 0.833. The van der Waals surface area contributed by atoms with Crippen molar-refractivity contribution >= 4 is 16.3 Å². The summed E-state index contributed by atoms with van der Waals surface area (Å²) in [6.45, 7) is 6.66. The molecule has 1 aliphatic rings. The zero-order valence-electron chi connectivity index (χ0n) is 12.3. The fourth-order valence-electron chi connectivity index (χ4n) is 3.34. The first-order valence-electron chi connectivity index (χ1n) is 7.15. The van der Waals surface area contributed by atoms with E-state index in [9.17, 15) is 5.11 Å². The number of allylic oxidation sites excluding steroid dienone is 4. The summed E-state index contributed by atoms with van der Waals surface area (Å²) in [5.41, 5.74) is 6.31. The van der Waals surface area contributed by atoms with E-state index in [1.54, 1.807) is 0 Å².